The molecule has 1 heterocycles. The lowest BCUT2D eigenvalue weighted by Crippen LogP contribution is -2.35. The van der Waals surface area contributed by atoms with Crippen molar-refractivity contribution in [3.8, 4) is 5.75 Å². The van der Waals surface area contributed by atoms with E-state index in [1.807, 2.05) is 19.1 Å². The number of ether oxygens (including phenoxy) is 2. The van der Waals surface area contributed by atoms with Crippen LogP contribution in [0.5, 0.6) is 5.75 Å². The lowest BCUT2D eigenvalue weighted by atomic mass is 10.2. The second kappa shape index (κ2) is 9.23. The quantitative estimate of drug-likeness (QED) is 0.465. The van der Waals surface area contributed by atoms with Crippen LogP contribution < -0.4 is 4.74 Å². The minimum atomic E-state index is -0.613. The Labute approximate surface area is 165 Å². The summed E-state index contributed by atoms with van der Waals surface area (Å²) >= 11 is 4.19. The molecule has 1 aromatic rings. The number of hydrogen-bond donors (Lipinski definition) is 0. The maximum atomic E-state index is 12.5. The van der Waals surface area contributed by atoms with Crippen molar-refractivity contribution in [1.82, 2.24) is 4.90 Å². The van der Waals surface area contributed by atoms with Crippen LogP contribution in [-0.4, -0.2) is 41.3 Å². The van der Waals surface area contributed by atoms with Crippen LogP contribution in [0.15, 0.2) is 27.6 Å². The summed E-state index contributed by atoms with van der Waals surface area (Å²) in [6.45, 7) is 5.57. The summed E-state index contributed by atoms with van der Waals surface area (Å²) in [6.07, 6.45) is 2.15. The fraction of sp³-hybridized carbons (Fsp3) is 0.389. The predicted molar refractivity (Wildman–Crippen MR) is 104 cm³/mol. The summed E-state index contributed by atoms with van der Waals surface area (Å²) in [4.78, 5) is 37.5. The van der Waals surface area contributed by atoms with Crippen LogP contribution in [0.25, 0.3) is 6.08 Å². The van der Waals surface area contributed by atoms with Crippen molar-refractivity contribution in [3.05, 3.63) is 33.1 Å². The van der Waals surface area contributed by atoms with Crippen LogP contribution in [0.3, 0.4) is 0 Å². The van der Waals surface area contributed by atoms with Crippen molar-refractivity contribution in [3.63, 3.8) is 0 Å². The lowest BCUT2D eigenvalue weighted by Gasteiger charge is -2.13. The number of nitrogens with zero attached hydrogens (tertiary/aromatic N) is 1. The standard InChI is InChI=1S/C18H20BrNO5S/c1-4-7-24-14-6-5-13(19)8-12(14)9-15-17(22)20(18(23)26-15)10-16(21)25-11(2)3/h5-6,8-9,11H,4,7,10H2,1-3H3/b15-9+. The van der Waals surface area contributed by atoms with Crippen molar-refractivity contribution < 1.29 is 23.9 Å². The number of thioether (sulfide) groups is 1. The highest BCUT2D eigenvalue weighted by Gasteiger charge is 2.37. The Balaban J connectivity index is 2.22. The number of carbonyl (C=O) groups excluding carboxylic acids is 3. The topological polar surface area (TPSA) is 72.9 Å². The Morgan fingerprint density at radius 2 is 2.08 bits per heavy atom. The zero-order chi connectivity index (χ0) is 19.3. The van der Waals surface area contributed by atoms with Crippen LogP contribution in [0, 0.1) is 0 Å². The molecule has 0 aliphatic carbocycles. The molecular formula is C18H20BrNO5S. The van der Waals surface area contributed by atoms with Crippen LogP contribution in [0.4, 0.5) is 4.79 Å². The summed E-state index contributed by atoms with van der Waals surface area (Å²) in [5.41, 5.74) is 0.683. The van der Waals surface area contributed by atoms with Gasteiger partial charge in [-0.05, 0) is 56.3 Å². The van der Waals surface area contributed by atoms with E-state index in [2.05, 4.69) is 15.9 Å². The number of carbonyl (C=O) groups is 3. The molecule has 2 rings (SSSR count). The van der Waals surface area contributed by atoms with Gasteiger partial charge in [0.25, 0.3) is 11.1 Å². The monoisotopic (exact) mass is 441 g/mol. The van der Waals surface area contributed by atoms with Gasteiger partial charge in [0.05, 0.1) is 17.6 Å². The minimum absolute atomic E-state index is 0.242. The van der Waals surface area contributed by atoms with Crippen molar-refractivity contribution in [2.24, 2.45) is 0 Å². The molecule has 8 heteroatoms. The molecule has 1 aromatic carbocycles. The first-order valence-corrected chi connectivity index (χ1v) is 9.80. The van der Waals surface area contributed by atoms with E-state index in [0.29, 0.717) is 17.9 Å². The first-order chi connectivity index (χ1) is 12.3. The summed E-state index contributed by atoms with van der Waals surface area (Å²) in [7, 11) is 0. The fourth-order valence-corrected chi connectivity index (χ4v) is 3.39. The van der Waals surface area contributed by atoms with Gasteiger partial charge in [-0.3, -0.25) is 19.3 Å². The Morgan fingerprint density at radius 3 is 2.73 bits per heavy atom. The molecule has 0 radical (unpaired) electrons. The molecule has 0 unspecified atom stereocenters. The van der Waals surface area contributed by atoms with Crippen LogP contribution >= 0.6 is 27.7 Å². The van der Waals surface area contributed by atoms with E-state index in [0.717, 1.165) is 27.6 Å². The SMILES string of the molecule is CCCOc1ccc(Br)cc1/C=C1/SC(=O)N(CC(=O)OC(C)C)C1=O. The second-order valence-electron chi connectivity index (χ2n) is 5.84. The van der Waals surface area contributed by atoms with Crippen molar-refractivity contribution in [2.45, 2.75) is 33.3 Å². The number of imide groups is 1. The van der Waals surface area contributed by atoms with E-state index in [1.54, 1.807) is 26.0 Å². The van der Waals surface area contributed by atoms with Gasteiger partial charge in [-0.15, -0.1) is 0 Å². The highest BCUT2D eigenvalue weighted by atomic mass is 79.9. The third-order valence-electron chi connectivity index (χ3n) is 3.25. The Morgan fingerprint density at radius 1 is 1.35 bits per heavy atom. The van der Waals surface area contributed by atoms with Gasteiger partial charge in [0, 0.05) is 10.0 Å². The molecule has 1 saturated heterocycles. The van der Waals surface area contributed by atoms with Gasteiger partial charge in [-0.25, -0.2) is 0 Å². The first-order valence-electron chi connectivity index (χ1n) is 8.19. The zero-order valence-corrected chi connectivity index (χ0v) is 17.2. The Hall–Kier alpha value is -1.80. The van der Waals surface area contributed by atoms with Gasteiger partial charge in [-0.1, -0.05) is 22.9 Å². The first kappa shape index (κ1) is 20.5. The van der Waals surface area contributed by atoms with Crippen LogP contribution in [0.1, 0.15) is 32.8 Å². The molecule has 0 N–H and O–H groups in total. The number of benzene rings is 1. The lowest BCUT2D eigenvalue weighted by molar-refractivity contribution is -0.149. The molecule has 0 saturated carbocycles. The summed E-state index contributed by atoms with van der Waals surface area (Å²) in [5.74, 6) is -0.499. The summed E-state index contributed by atoms with van der Waals surface area (Å²) in [5, 5.41) is -0.493. The Kier molecular flexibility index (Phi) is 7.28. The molecular weight excluding hydrogens is 422 g/mol. The van der Waals surface area contributed by atoms with Crippen molar-refractivity contribution in [1.29, 1.82) is 0 Å². The number of hydrogen-bond acceptors (Lipinski definition) is 6. The molecule has 1 fully saturated rings. The molecule has 0 bridgehead atoms. The highest BCUT2D eigenvalue weighted by molar-refractivity contribution is 9.10. The molecule has 0 spiro atoms. The number of halogens is 1. The average Bonchev–Trinajstić information content (AvgIpc) is 2.81. The van der Waals surface area contributed by atoms with E-state index < -0.39 is 23.7 Å². The van der Waals surface area contributed by atoms with Gasteiger partial charge in [0.1, 0.15) is 12.3 Å². The van der Waals surface area contributed by atoms with Crippen molar-refractivity contribution in [2.75, 3.05) is 13.2 Å². The van der Waals surface area contributed by atoms with Crippen LogP contribution in [0.2, 0.25) is 0 Å². The molecule has 140 valence electrons. The summed E-state index contributed by atoms with van der Waals surface area (Å²) < 4.78 is 11.5. The summed E-state index contributed by atoms with van der Waals surface area (Å²) in [6, 6.07) is 5.46. The second-order valence-corrected chi connectivity index (χ2v) is 7.75. The largest absolute Gasteiger partial charge is 0.493 e. The van der Waals surface area contributed by atoms with Crippen molar-refractivity contribution >= 4 is 50.9 Å². The van der Waals surface area contributed by atoms with Gasteiger partial charge >= 0.3 is 5.97 Å². The minimum Gasteiger partial charge on any atom is -0.493 e. The molecule has 0 atom stereocenters. The fourth-order valence-electron chi connectivity index (χ4n) is 2.18. The third kappa shape index (κ3) is 5.35. The maximum Gasteiger partial charge on any atom is 0.326 e. The normalized spacial score (nSPS) is 15.9. The van der Waals surface area contributed by atoms with Gasteiger partial charge < -0.3 is 9.47 Å². The molecule has 0 aromatic heterocycles. The Bertz CT molecular complexity index is 747. The maximum absolute atomic E-state index is 12.5. The molecule has 1 aliphatic heterocycles. The van der Waals surface area contributed by atoms with E-state index in [4.69, 9.17) is 9.47 Å². The van der Waals surface area contributed by atoms with E-state index >= 15 is 0 Å². The molecule has 6 nitrogen and oxygen atoms in total. The van der Waals surface area contributed by atoms with E-state index in [1.165, 1.54) is 0 Å². The average molecular weight is 442 g/mol. The van der Waals surface area contributed by atoms with Gasteiger partial charge in [0.2, 0.25) is 0 Å². The number of amides is 2. The third-order valence-corrected chi connectivity index (χ3v) is 4.65. The van der Waals surface area contributed by atoms with Gasteiger partial charge in [0.15, 0.2) is 0 Å². The number of esters is 1. The number of rotatable bonds is 7. The zero-order valence-electron chi connectivity index (χ0n) is 14.8. The molecule has 2 amide bonds. The van der Waals surface area contributed by atoms with E-state index in [9.17, 15) is 14.4 Å². The van der Waals surface area contributed by atoms with Crippen LogP contribution in [-0.2, 0) is 14.3 Å². The van der Waals surface area contributed by atoms with E-state index in [-0.39, 0.29) is 11.0 Å². The molecule has 26 heavy (non-hydrogen) atoms. The van der Waals surface area contributed by atoms with Gasteiger partial charge in [-0.2, -0.15) is 0 Å². The molecule has 1 aliphatic rings. The highest BCUT2D eigenvalue weighted by Crippen LogP contribution is 2.34. The predicted octanol–water partition coefficient (Wildman–Crippen LogP) is 4.23. The smallest absolute Gasteiger partial charge is 0.326 e.